The number of rotatable bonds is 3. The van der Waals surface area contributed by atoms with Gasteiger partial charge in [-0.25, -0.2) is 9.18 Å². The van der Waals surface area contributed by atoms with Gasteiger partial charge in [-0.1, -0.05) is 24.3 Å². The van der Waals surface area contributed by atoms with E-state index in [2.05, 4.69) is 5.32 Å². The molecule has 0 aliphatic carbocycles. The minimum Gasteiger partial charge on any atom is -0.508 e. The molecular formula is C20H18FN3O3. The smallest absolute Gasteiger partial charge is 0.322 e. The van der Waals surface area contributed by atoms with Crippen molar-refractivity contribution in [3.63, 3.8) is 0 Å². The van der Waals surface area contributed by atoms with E-state index in [1.807, 2.05) is 0 Å². The molecular weight excluding hydrogens is 349 g/mol. The third-order valence-electron chi connectivity index (χ3n) is 4.95. The summed E-state index contributed by atoms with van der Waals surface area (Å²) in [5, 5.41) is 12.4. The Bertz CT molecular complexity index is 938. The minimum atomic E-state index is -0.574. The van der Waals surface area contributed by atoms with Gasteiger partial charge in [-0.2, -0.15) is 0 Å². The average Bonchev–Trinajstić information content (AvgIpc) is 2.98. The molecule has 6 nitrogen and oxygen atoms in total. The van der Waals surface area contributed by atoms with E-state index in [1.165, 1.54) is 29.2 Å². The Morgan fingerprint density at radius 1 is 1.11 bits per heavy atom. The molecule has 4 rings (SSSR count). The summed E-state index contributed by atoms with van der Waals surface area (Å²) in [5.41, 5.74) is 2.71. The van der Waals surface area contributed by atoms with E-state index >= 15 is 0 Å². The number of phenols is 1. The van der Waals surface area contributed by atoms with Crippen molar-refractivity contribution in [2.45, 2.75) is 12.6 Å². The van der Waals surface area contributed by atoms with Crippen molar-refractivity contribution >= 4 is 11.9 Å². The summed E-state index contributed by atoms with van der Waals surface area (Å²) in [6, 6.07) is 11.6. The SMILES string of the molecule is CN1C(=O)NC(c2ccc(O)cc2)C2=C1CN(Cc1ccc(F)cc1)C2=O. The molecule has 27 heavy (non-hydrogen) atoms. The molecule has 2 aliphatic heterocycles. The Morgan fingerprint density at radius 3 is 2.44 bits per heavy atom. The molecule has 3 amide bonds. The van der Waals surface area contributed by atoms with E-state index in [9.17, 15) is 19.1 Å². The van der Waals surface area contributed by atoms with Crippen LogP contribution in [-0.2, 0) is 11.3 Å². The second-order valence-electron chi connectivity index (χ2n) is 6.68. The lowest BCUT2D eigenvalue weighted by Gasteiger charge is -2.31. The first-order valence-corrected chi connectivity index (χ1v) is 8.54. The molecule has 2 N–H and O–H groups in total. The molecule has 0 saturated carbocycles. The number of hydrogen-bond acceptors (Lipinski definition) is 3. The highest BCUT2D eigenvalue weighted by Crippen LogP contribution is 2.36. The maximum absolute atomic E-state index is 13.1. The number of benzene rings is 2. The van der Waals surface area contributed by atoms with Crippen molar-refractivity contribution in [2.75, 3.05) is 13.6 Å². The standard InChI is InChI=1S/C20H18FN3O3/c1-23-16-11-24(10-12-2-6-14(21)7-3-12)19(26)17(16)18(22-20(23)27)13-4-8-15(25)9-5-13/h2-9,18,25H,10-11H2,1H3,(H,22,27). The quantitative estimate of drug-likeness (QED) is 0.876. The van der Waals surface area contributed by atoms with Crippen molar-refractivity contribution in [2.24, 2.45) is 0 Å². The number of nitrogens with zero attached hydrogens (tertiary/aromatic N) is 2. The topological polar surface area (TPSA) is 72.9 Å². The molecule has 0 saturated heterocycles. The van der Waals surface area contributed by atoms with Crippen LogP contribution in [0.5, 0.6) is 5.75 Å². The van der Waals surface area contributed by atoms with Gasteiger partial charge >= 0.3 is 6.03 Å². The van der Waals surface area contributed by atoms with Crippen LogP contribution in [-0.4, -0.2) is 40.4 Å². The zero-order valence-corrected chi connectivity index (χ0v) is 14.6. The number of halogens is 1. The van der Waals surface area contributed by atoms with Crippen LogP contribution < -0.4 is 5.32 Å². The molecule has 1 atom stereocenters. The summed E-state index contributed by atoms with van der Waals surface area (Å²) in [4.78, 5) is 28.5. The number of likely N-dealkylation sites (N-methyl/N-ethyl adjacent to an activating group) is 1. The fourth-order valence-electron chi connectivity index (χ4n) is 3.48. The van der Waals surface area contributed by atoms with Gasteiger partial charge in [0.1, 0.15) is 11.6 Å². The lowest BCUT2D eigenvalue weighted by atomic mass is 9.95. The second kappa shape index (κ2) is 6.42. The summed E-state index contributed by atoms with van der Waals surface area (Å²) < 4.78 is 13.1. The molecule has 2 aromatic carbocycles. The van der Waals surface area contributed by atoms with Crippen LogP contribution in [0.15, 0.2) is 59.8 Å². The number of hydrogen-bond donors (Lipinski definition) is 2. The van der Waals surface area contributed by atoms with E-state index < -0.39 is 6.04 Å². The molecule has 2 aromatic rings. The van der Waals surface area contributed by atoms with Gasteiger partial charge in [0.2, 0.25) is 0 Å². The number of amides is 3. The van der Waals surface area contributed by atoms with Crippen molar-refractivity contribution < 1.29 is 19.1 Å². The highest BCUT2D eigenvalue weighted by atomic mass is 19.1. The Labute approximate surface area is 155 Å². The van der Waals surface area contributed by atoms with Crippen molar-refractivity contribution in [3.8, 4) is 5.75 Å². The second-order valence-corrected chi connectivity index (χ2v) is 6.68. The zero-order valence-electron chi connectivity index (χ0n) is 14.6. The molecule has 0 fully saturated rings. The summed E-state index contributed by atoms with van der Waals surface area (Å²) in [6.07, 6.45) is 0. The van der Waals surface area contributed by atoms with E-state index in [0.29, 0.717) is 24.4 Å². The van der Waals surface area contributed by atoms with Gasteiger partial charge in [0.25, 0.3) is 5.91 Å². The van der Waals surface area contributed by atoms with Crippen LogP contribution in [0.2, 0.25) is 0 Å². The number of aromatic hydroxyl groups is 1. The van der Waals surface area contributed by atoms with Gasteiger partial charge in [0.05, 0.1) is 23.9 Å². The lowest BCUT2D eigenvalue weighted by molar-refractivity contribution is -0.126. The number of phenolic OH excluding ortho intramolecular Hbond substituents is 1. The number of nitrogens with one attached hydrogen (secondary N) is 1. The maximum Gasteiger partial charge on any atom is 0.322 e. The maximum atomic E-state index is 13.1. The molecule has 0 aromatic heterocycles. The molecule has 1 unspecified atom stereocenters. The lowest BCUT2D eigenvalue weighted by Crippen LogP contribution is -2.45. The molecule has 0 bridgehead atoms. The van der Waals surface area contributed by atoms with E-state index in [0.717, 1.165) is 11.1 Å². The first kappa shape index (κ1) is 17.1. The first-order chi connectivity index (χ1) is 12.9. The van der Waals surface area contributed by atoms with Crippen LogP contribution in [0.4, 0.5) is 9.18 Å². The van der Waals surface area contributed by atoms with Gasteiger partial charge in [0.15, 0.2) is 0 Å². The predicted octanol–water partition coefficient (Wildman–Crippen LogP) is 2.52. The molecule has 0 radical (unpaired) electrons. The van der Waals surface area contributed by atoms with Gasteiger partial charge in [0, 0.05) is 13.6 Å². The van der Waals surface area contributed by atoms with Crippen molar-refractivity contribution in [1.82, 2.24) is 15.1 Å². The minimum absolute atomic E-state index is 0.114. The Hall–Kier alpha value is -3.35. The normalized spacial score (nSPS) is 19.4. The summed E-state index contributed by atoms with van der Waals surface area (Å²) >= 11 is 0. The van der Waals surface area contributed by atoms with E-state index in [4.69, 9.17) is 0 Å². The van der Waals surface area contributed by atoms with Gasteiger partial charge in [-0.3, -0.25) is 9.69 Å². The fourth-order valence-corrected chi connectivity index (χ4v) is 3.48. The third kappa shape index (κ3) is 3.01. The molecule has 0 spiro atoms. The Morgan fingerprint density at radius 2 is 1.78 bits per heavy atom. The summed E-state index contributed by atoms with van der Waals surface area (Å²) in [7, 11) is 1.63. The first-order valence-electron chi connectivity index (χ1n) is 8.54. The highest BCUT2D eigenvalue weighted by Gasteiger charge is 2.42. The van der Waals surface area contributed by atoms with Crippen LogP contribution >= 0.6 is 0 Å². The van der Waals surface area contributed by atoms with Crippen LogP contribution in [0.3, 0.4) is 0 Å². The van der Waals surface area contributed by atoms with Gasteiger partial charge in [-0.05, 0) is 35.4 Å². The monoisotopic (exact) mass is 367 g/mol. The molecule has 138 valence electrons. The largest absolute Gasteiger partial charge is 0.508 e. The Balaban J connectivity index is 1.65. The highest BCUT2D eigenvalue weighted by molar-refractivity contribution is 6.01. The van der Waals surface area contributed by atoms with Crippen molar-refractivity contribution in [3.05, 3.63) is 76.7 Å². The van der Waals surface area contributed by atoms with Gasteiger partial charge in [-0.15, -0.1) is 0 Å². The fraction of sp³-hybridized carbons (Fsp3) is 0.200. The third-order valence-corrected chi connectivity index (χ3v) is 4.95. The molecule has 2 aliphatic rings. The Kier molecular flexibility index (Phi) is 4.07. The van der Waals surface area contributed by atoms with Crippen LogP contribution in [0.25, 0.3) is 0 Å². The number of urea groups is 1. The molecule has 7 heteroatoms. The van der Waals surface area contributed by atoms with E-state index in [-0.39, 0.29) is 23.5 Å². The van der Waals surface area contributed by atoms with Gasteiger partial charge < -0.3 is 15.3 Å². The number of carbonyl (C=O) groups is 2. The van der Waals surface area contributed by atoms with E-state index in [1.54, 1.807) is 36.2 Å². The van der Waals surface area contributed by atoms with Crippen LogP contribution in [0, 0.1) is 5.82 Å². The van der Waals surface area contributed by atoms with Crippen molar-refractivity contribution in [1.29, 1.82) is 0 Å². The summed E-state index contributed by atoms with van der Waals surface area (Å²) in [5.74, 6) is -0.381. The zero-order chi connectivity index (χ0) is 19.1. The average molecular weight is 367 g/mol. The molecule has 2 heterocycles. The summed E-state index contributed by atoms with van der Waals surface area (Å²) in [6.45, 7) is 0.639. The predicted molar refractivity (Wildman–Crippen MR) is 96.0 cm³/mol. The van der Waals surface area contributed by atoms with Crippen LogP contribution in [0.1, 0.15) is 17.2 Å². The number of carbonyl (C=O) groups excluding carboxylic acids is 2.